The highest BCUT2D eigenvalue weighted by Gasteiger charge is 2.52. The van der Waals surface area contributed by atoms with Crippen molar-refractivity contribution < 1.29 is 18.3 Å². The normalized spacial score (nSPS) is 31.7. The van der Waals surface area contributed by atoms with Crippen LogP contribution in [0.3, 0.4) is 0 Å². The quantitative estimate of drug-likeness (QED) is 0.523. The van der Waals surface area contributed by atoms with Gasteiger partial charge in [0.2, 0.25) is 14.8 Å². The smallest absolute Gasteiger partial charge is 0.332 e. The molecule has 0 heterocycles. The number of aliphatic carboxylic acids is 1. The summed E-state index contributed by atoms with van der Waals surface area (Å²) in [6.07, 6.45) is 5.02. The van der Waals surface area contributed by atoms with Crippen LogP contribution in [0.1, 0.15) is 0 Å². The molecule has 1 rings (SSSR count). The Morgan fingerprint density at radius 1 is 1.43 bits per heavy atom. The summed E-state index contributed by atoms with van der Waals surface area (Å²) in [5.41, 5.74) is 5.42. The maximum Gasteiger partial charge on any atom is 0.332 e. The second kappa shape index (κ2) is 3.19. The summed E-state index contributed by atoms with van der Waals surface area (Å²) in [6, 6.07) is -1.18. The summed E-state index contributed by atoms with van der Waals surface area (Å²) in [5.74, 6) is -1.58. The molecular weight excluding hydrogens is 208 g/mol. The predicted octanol–water partition coefficient (Wildman–Crippen LogP) is -1.45. The van der Waals surface area contributed by atoms with Gasteiger partial charge in [-0.2, -0.15) is 0 Å². The van der Waals surface area contributed by atoms with E-state index in [1.165, 1.54) is 18.2 Å². The molecule has 5 N–H and O–H groups in total. The van der Waals surface area contributed by atoms with Gasteiger partial charge in [0.15, 0.2) is 0 Å². The molecule has 2 atom stereocenters. The minimum Gasteiger partial charge on any atom is -0.480 e. The highest BCUT2D eigenvalue weighted by molar-refractivity contribution is 7.91. The lowest BCUT2D eigenvalue weighted by molar-refractivity contribution is -0.139. The van der Waals surface area contributed by atoms with Gasteiger partial charge in [-0.1, -0.05) is 18.2 Å². The first kappa shape index (κ1) is 10.9. The van der Waals surface area contributed by atoms with Crippen molar-refractivity contribution in [3.63, 3.8) is 0 Å². The number of carboxylic acid groups (broad SMARTS) is 1. The van der Waals surface area contributed by atoms with Crippen molar-refractivity contribution in [3.05, 3.63) is 24.3 Å². The van der Waals surface area contributed by atoms with E-state index in [1.54, 1.807) is 0 Å². The van der Waals surface area contributed by atoms with Crippen molar-refractivity contribution in [2.24, 2.45) is 10.9 Å². The van der Waals surface area contributed by atoms with Crippen LogP contribution in [0.2, 0.25) is 0 Å². The van der Waals surface area contributed by atoms with Gasteiger partial charge in [-0.15, -0.1) is 0 Å². The molecule has 0 aromatic carbocycles. The summed E-state index contributed by atoms with van der Waals surface area (Å²) in [4.78, 5) is 10.9. The molecule has 78 valence electrons. The maximum absolute atomic E-state index is 11.2. The first-order valence-electron chi connectivity index (χ1n) is 3.69. The minimum absolute atomic E-state index is 0.981. The topological polar surface area (TPSA) is 123 Å². The van der Waals surface area contributed by atoms with E-state index in [2.05, 4.69) is 0 Å². The Morgan fingerprint density at radius 2 is 2.00 bits per heavy atom. The molecule has 0 amide bonds. The summed E-state index contributed by atoms with van der Waals surface area (Å²) in [6.45, 7) is 0. The van der Waals surface area contributed by atoms with Gasteiger partial charge in [0.1, 0.15) is 0 Å². The van der Waals surface area contributed by atoms with Crippen LogP contribution in [0, 0.1) is 0 Å². The number of hydrogen-bond donors (Lipinski definition) is 3. The molecule has 0 bridgehead atoms. The molecule has 0 aromatic rings. The molecule has 1 aliphatic rings. The zero-order valence-corrected chi connectivity index (χ0v) is 7.94. The number of allylic oxidation sites excluding steroid dienone is 2. The molecule has 0 aromatic heterocycles. The molecule has 6 nitrogen and oxygen atoms in total. The number of rotatable bonds is 2. The van der Waals surface area contributed by atoms with Crippen LogP contribution in [-0.2, 0) is 14.8 Å². The van der Waals surface area contributed by atoms with Crippen molar-refractivity contribution in [1.29, 1.82) is 0 Å². The molecule has 0 fully saturated rings. The van der Waals surface area contributed by atoms with E-state index in [0.29, 0.717) is 0 Å². The summed E-state index contributed by atoms with van der Waals surface area (Å²) < 4.78 is 20.1. The van der Waals surface area contributed by atoms with Crippen LogP contribution in [-0.4, -0.2) is 30.3 Å². The molecule has 1 aliphatic carbocycles. The molecule has 14 heavy (non-hydrogen) atoms. The van der Waals surface area contributed by atoms with Gasteiger partial charge in [0, 0.05) is 0 Å². The average molecular weight is 218 g/mol. The van der Waals surface area contributed by atoms with Gasteiger partial charge in [0.05, 0.1) is 6.04 Å². The number of sulfonamides is 1. The zero-order chi connectivity index (χ0) is 11.0. The predicted molar refractivity (Wildman–Crippen MR) is 49.7 cm³/mol. The third kappa shape index (κ3) is 1.35. The standard InChI is InChI=1S/C7H10N2O4S/c8-5-3-1-2-4-7(5,6(10)11)14(9,12)13/h1-5H,8H2,(H,10,11)(H2,9,12,13). The van der Waals surface area contributed by atoms with Gasteiger partial charge in [-0.05, 0) is 6.08 Å². The van der Waals surface area contributed by atoms with Crippen LogP contribution >= 0.6 is 0 Å². The van der Waals surface area contributed by atoms with E-state index >= 15 is 0 Å². The summed E-state index contributed by atoms with van der Waals surface area (Å²) in [5, 5.41) is 13.7. The van der Waals surface area contributed by atoms with Crippen molar-refractivity contribution in [1.82, 2.24) is 0 Å². The Kier molecular flexibility index (Phi) is 2.49. The Bertz CT molecular complexity index is 411. The second-order valence-electron chi connectivity index (χ2n) is 2.91. The Morgan fingerprint density at radius 3 is 2.29 bits per heavy atom. The van der Waals surface area contributed by atoms with E-state index in [0.717, 1.165) is 6.08 Å². The third-order valence-corrected chi connectivity index (χ3v) is 3.60. The number of nitrogens with two attached hydrogens (primary N) is 2. The number of hydrogen-bond acceptors (Lipinski definition) is 4. The van der Waals surface area contributed by atoms with Crippen LogP contribution in [0.25, 0.3) is 0 Å². The minimum atomic E-state index is -4.30. The van der Waals surface area contributed by atoms with Crippen LogP contribution in [0.5, 0.6) is 0 Å². The summed E-state index contributed by atoms with van der Waals surface area (Å²) >= 11 is 0. The fourth-order valence-electron chi connectivity index (χ4n) is 1.26. The van der Waals surface area contributed by atoms with E-state index in [4.69, 9.17) is 16.0 Å². The van der Waals surface area contributed by atoms with Gasteiger partial charge in [0.25, 0.3) is 0 Å². The second-order valence-corrected chi connectivity index (χ2v) is 4.68. The van der Waals surface area contributed by atoms with Gasteiger partial charge in [-0.3, -0.25) is 4.79 Å². The van der Waals surface area contributed by atoms with Gasteiger partial charge >= 0.3 is 5.97 Å². The Hall–Kier alpha value is -1.18. The average Bonchev–Trinajstić information content (AvgIpc) is 2.02. The molecule has 0 saturated carbocycles. The van der Waals surface area contributed by atoms with Crippen LogP contribution < -0.4 is 10.9 Å². The molecule has 7 heteroatoms. The maximum atomic E-state index is 11.2. The van der Waals surface area contributed by atoms with Gasteiger partial charge in [-0.25, -0.2) is 13.6 Å². The monoisotopic (exact) mass is 218 g/mol. The van der Waals surface area contributed by atoms with E-state index in [9.17, 15) is 13.2 Å². The summed E-state index contributed by atoms with van der Waals surface area (Å²) in [7, 11) is -4.30. The number of primary sulfonamides is 1. The first-order valence-corrected chi connectivity index (χ1v) is 5.24. The number of carbonyl (C=O) groups is 1. The van der Waals surface area contributed by atoms with E-state index in [1.807, 2.05) is 0 Å². The SMILES string of the molecule is NC1C=CC=CC1(C(=O)O)S(N)(=O)=O. The Labute approximate surface area is 80.9 Å². The van der Waals surface area contributed by atoms with E-state index < -0.39 is 26.8 Å². The number of carboxylic acids is 1. The largest absolute Gasteiger partial charge is 0.480 e. The fraction of sp³-hybridized carbons (Fsp3) is 0.286. The van der Waals surface area contributed by atoms with Crippen molar-refractivity contribution in [3.8, 4) is 0 Å². The molecule has 0 spiro atoms. The highest BCUT2D eigenvalue weighted by Crippen LogP contribution is 2.24. The third-order valence-electron chi connectivity index (χ3n) is 2.07. The fourth-order valence-corrected chi connectivity index (χ4v) is 2.23. The van der Waals surface area contributed by atoms with Gasteiger partial charge < -0.3 is 10.8 Å². The highest BCUT2D eigenvalue weighted by atomic mass is 32.2. The molecular formula is C7H10N2O4S. The Balaban J connectivity index is 3.40. The van der Waals surface area contributed by atoms with Crippen LogP contribution in [0.15, 0.2) is 24.3 Å². The lowest BCUT2D eigenvalue weighted by Gasteiger charge is -2.29. The lowest BCUT2D eigenvalue weighted by Crippen LogP contribution is -2.60. The molecule has 0 saturated heterocycles. The zero-order valence-electron chi connectivity index (χ0n) is 7.12. The van der Waals surface area contributed by atoms with Crippen molar-refractivity contribution in [2.75, 3.05) is 0 Å². The lowest BCUT2D eigenvalue weighted by atomic mass is 9.95. The van der Waals surface area contributed by atoms with E-state index in [-0.39, 0.29) is 0 Å². The molecule has 0 radical (unpaired) electrons. The van der Waals surface area contributed by atoms with Crippen molar-refractivity contribution >= 4 is 16.0 Å². The molecule has 0 aliphatic heterocycles. The van der Waals surface area contributed by atoms with Crippen LogP contribution in [0.4, 0.5) is 0 Å². The van der Waals surface area contributed by atoms with Crippen molar-refractivity contribution in [2.45, 2.75) is 10.8 Å². The molecule has 2 unspecified atom stereocenters. The first-order chi connectivity index (χ1) is 6.32.